The van der Waals surface area contributed by atoms with Crippen LogP contribution in [-0.4, -0.2) is 4.98 Å². The monoisotopic (exact) mass is 249 g/mol. The predicted octanol–water partition coefficient (Wildman–Crippen LogP) is 4.06. The van der Waals surface area contributed by atoms with Crippen LogP contribution in [0.25, 0.3) is 11.3 Å². The summed E-state index contributed by atoms with van der Waals surface area (Å²) in [5.41, 5.74) is 4.47. The van der Waals surface area contributed by atoms with E-state index in [0.717, 1.165) is 29.2 Å². The molecule has 2 aromatic rings. The SMILES string of the molecule is C=CC1=CCc2cc(-c3ccc(C)cn3)ccc2O1. The fourth-order valence-corrected chi connectivity index (χ4v) is 2.14. The van der Waals surface area contributed by atoms with Gasteiger partial charge in [0.15, 0.2) is 0 Å². The molecule has 0 saturated heterocycles. The third-order valence-electron chi connectivity index (χ3n) is 3.22. The van der Waals surface area contributed by atoms with E-state index in [0.29, 0.717) is 0 Å². The van der Waals surface area contributed by atoms with Gasteiger partial charge < -0.3 is 4.74 Å². The van der Waals surface area contributed by atoms with Crippen LogP contribution in [0.1, 0.15) is 11.1 Å². The zero-order chi connectivity index (χ0) is 13.2. The van der Waals surface area contributed by atoms with Gasteiger partial charge in [0.1, 0.15) is 11.5 Å². The molecule has 0 amide bonds. The minimum atomic E-state index is 0.828. The lowest BCUT2D eigenvalue weighted by Crippen LogP contribution is -2.02. The normalized spacial score (nSPS) is 13.2. The van der Waals surface area contributed by atoms with Crippen LogP contribution in [0.2, 0.25) is 0 Å². The van der Waals surface area contributed by atoms with Crippen molar-refractivity contribution in [3.05, 3.63) is 72.1 Å². The van der Waals surface area contributed by atoms with Crippen LogP contribution in [-0.2, 0) is 6.42 Å². The number of ether oxygens (including phenoxy) is 1. The zero-order valence-corrected chi connectivity index (χ0v) is 10.9. The van der Waals surface area contributed by atoms with Crippen LogP contribution in [0, 0.1) is 6.92 Å². The quantitative estimate of drug-likeness (QED) is 0.800. The van der Waals surface area contributed by atoms with Gasteiger partial charge in [0.05, 0.1) is 5.69 Å². The van der Waals surface area contributed by atoms with Gasteiger partial charge in [0, 0.05) is 11.8 Å². The molecule has 19 heavy (non-hydrogen) atoms. The number of rotatable bonds is 2. The van der Waals surface area contributed by atoms with Gasteiger partial charge in [-0.1, -0.05) is 12.6 Å². The molecular weight excluding hydrogens is 234 g/mol. The Morgan fingerprint density at radius 1 is 1.26 bits per heavy atom. The van der Waals surface area contributed by atoms with Crippen molar-refractivity contribution in [2.45, 2.75) is 13.3 Å². The maximum absolute atomic E-state index is 5.71. The Bertz CT molecular complexity index is 653. The Labute approximate surface area is 113 Å². The molecular formula is C17H15NO. The van der Waals surface area contributed by atoms with Gasteiger partial charge >= 0.3 is 0 Å². The first-order valence-corrected chi connectivity index (χ1v) is 6.32. The third-order valence-corrected chi connectivity index (χ3v) is 3.22. The number of benzene rings is 1. The lowest BCUT2D eigenvalue weighted by Gasteiger charge is -2.17. The van der Waals surface area contributed by atoms with Crippen molar-refractivity contribution in [1.29, 1.82) is 0 Å². The van der Waals surface area contributed by atoms with E-state index in [2.05, 4.69) is 23.7 Å². The summed E-state index contributed by atoms with van der Waals surface area (Å²) in [4.78, 5) is 4.46. The summed E-state index contributed by atoms with van der Waals surface area (Å²) in [7, 11) is 0. The summed E-state index contributed by atoms with van der Waals surface area (Å²) in [6.45, 7) is 5.77. The van der Waals surface area contributed by atoms with Crippen molar-refractivity contribution in [2.24, 2.45) is 0 Å². The van der Waals surface area contributed by atoms with E-state index in [9.17, 15) is 0 Å². The number of allylic oxidation sites excluding steroid dienone is 2. The molecule has 0 aliphatic carbocycles. The fourth-order valence-electron chi connectivity index (χ4n) is 2.14. The van der Waals surface area contributed by atoms with Crippen molar-refractivity contribution >= 4 is 0 Å². The third kappa shape index (κ3) is 2.29. The van der Waals surface area contributed by atoms with E-state index >= 15 is 0 Å². The van der Waals surface area contributed by atoms with Gasteiger partial charge in [-0.3, -0.25) is 4.98 Å². The van der Waals surface area contributed by atoms with Gasteiger partial charge in [-0.25, -0.2) is 0 Å². The van der Waals surface area contributed by atoms with Crippen LogP contribution in [0.4, 0.5) is 0 Å². The van der Waals surface area contributed by atoms with Crippen LogP contribution in [0.3, 0.4) is 0 Å². The second-order valence-corrected chi connectivity index (χ2v) is 4.66. The standard InChI is InChI=1S/C17H15NO/c1-3-15-7-5-14-10-13(6-9-17(14)19-15)16-8-4-12(2)11-18-16/h3-4,6-11H,1,5H2,2H3. The minimum Gasteiger partial charge on any atom is -0.457 e. The van der Waals surface area contributed by atoms with Crippen molar-refractivity contribution in [2.75, 3.05) is 0 Å². The molecule has 2 heteroatoms. The van der Waals surface area contributed by atoms with Crippen LogP contribution >= 0.6 is 0 Å². The topological polar surface area (TPSA) is 22.1 Å². The highest BCUT2D eigenvalue weighted by Gasteiger charge is 2.12. The molecule has 1 aromatic heterocycles. The first-order chi connectivity index (χ1) is 9.26. The Morgan fingerprint density at radius 2 is 2.16 bits per heavy atom. The largest absolute Gasteiger partial charge is 0.457 e. The zero-order valence-electron chi connectivity index (χ0n) is 10.9. The minimum absolute atomic E-state index is 0.828. The average molecular weight is 249 g/mol. The summed E-state index contributed by atoms with van der Waals surface area (Å²) in [6.07, 6.45) is 6.54. The molecule has 0 saturated carbocycles. The van der Waals surface area contributed by atoms with Gasteiger partial charge in [-0.05, 0) is 60.9 Å². The molecule has 2 nitrogen and oxygen atoms in total. The van der Waals surface area contributed by atoms with Gasteiger partial charge in [-0.15, -0.1) is 0 Å². The van der Waals surface area contributed by atoms with Crippen molar-refractivity contribution in [3.8, 4) is 17.0 Å². The summed E-state index contributed by atoms with van der Waals surface area (Å²) in [6, 6.07) is 10.3. The second-order valence-electron chi connectivity index (χ2n) is 4.66. The number of nitrogens with zero attached hydrogens (tertiary/aromatic N) is 1. The van der Waals surface area contributed by atoms with E-state index < -0.39 is 0 Å². The van der Waals surface area contributed by atoms with Crippen LogP contribution in [0.5, 0.6) is 5.75 Å². The molecule has 94 valence electrons. The highest BCUT2D eigenvalue weighted by molar-refractivity contribution is 5.63. The molecule has 0 bridgehead atoms. The lowest BCUT2D eigenvalue weighted by atomic mass is 10.0. The molecule has 2 heterocycles. The first-order valence-electron chi connectivity index (χ1n) is 6.32. The molecule has 1 aromatic carbocycles. The highest BCUT2D eigenvalue weighted by atomic mass is 16.5. The Kier molecular flexibility index (Phi) is 2.92. The maximum Gasteiger partial charge on any atom is 0.130 e. The fraction of sp³-hybridized carbons (Fsp3) is 0.118. The van der Waals surface area contributed by atoms with Crippen molar-refractivity contribution in [3.63, 3.8) is 0 Å². The Morgan fingerprint density at radius 3 is 2.89 bits per heavy atom. The number of hydrogen-bond acceptors (Lipinski definition) is 2. The van der Waals surface area contributed by atoms with Crippen LogP contribution < -0.4 is 4.74 Å². The summed E-state index contributed by atoms with van der Waals surface area (Å²) < 4.78 is 5.71. The molecule has 1 aliphatic rings. The predicted molar refractivity (Wildman–Crippen MR) is 77.0 cm³/mol. The second kappa shape index (κ2) is 4.73. The number of aryl methyl sites for hydroxylation is 1. The maximum atomic E-state index is 5.71. The number of aromatic nitrogens is 1. The highest BCUT2D eigenvalue weighted by Crippen LogP contribution is 2.30. The Balaban J connectivity index is 1.96. The van der Waals surface area contributed by atoms with Gasteiger partial charge in [-0.2, -0.15) is 0 Å². The van der Waals surface area contributed by atoms with E-state index in [1.165, 1.54) is 11.1 Å². The molecule has 0 radical (unpaired) electrons. The average Bonchev–Trinajstić information content (AvgIpc) is 2.47. The number of hydrogen-bond donors (Lipinski definition) is 0. The number of pyridine rings is 1. The van der Waals surface area contributed by atoms with Gasteiger partial charge in [0.2, 0.25) is 0 Å². The van der Waals surface area contributed by atoms with E-state index in [-0.39, 0.29) is 0 Å². The smallest absolute Gasteiger partial charge is 0.130 e. The Hall–Kier alpha value is -2.35. The van der Waals surface area contributed by atoms with Crippen molar-refractivity contribution in [1.82, 2.24) is 4.98 Å². The van der Waals surface area contributed by atoms with E-state index in [1.54, 1.807) is 6.08 Å². The van der Waals surface area contributed by atoms with Crippen LogP contribution in [0.15, 0.2) is 61.0 Å². The molecule has 0 N–H and O–H groups in total. The van der Waals surface area contributed by atoms with E-state index in [4.69, 9.17) is 4.74 Å². The molecule has 1 aliphatic heterocycles. The molecule has 3 rings (SSSR count). The molecule has 0 spiro atoms. The first kappa shape index (κ1) is 11.7. The van der Waals surface area contributed by atoms with E-state index in [1.807, 2.05) is 37.4 Å². The number of fused-ring (bicyclic) bond motifs is 1. The molecule has 0 fully saturated rings. The molecule has 0 atom stereocenters. The summed E-state index contributed by atoms with van der Waals surface area (Å²) in [5, 5.41) is 0. The lowest BCUT2D eigenvalue weighted by molar-refractivity contribution is 0.428. The summed E-state index contributed by atoms with van der Waals surface area (Å²) >= 11 is 0. The van der Waals surface area contributed by atoms with Gasteiger partial charge in [0.25, 0.3) is 0 Å². The summed E-state index contributed by atoms with van der Waals surface area (Å²) in [5.74, 6) is 1.74. The molecule has 0 unspecified atom stereocenters. The van der Waals surface area contributed by atoms with Crippen molar-refractivity contribution < 1.29 is 4.74 Å².